The van der Waals surface area contributed by atoms with E-state index in [-0.39, 0.29) is 24.0 Å². The topological polar surface area (TPSA) is 67.1 Å². The van der Waals surface area contributed by atoms with Crippen LogP contribution in [0.2, 0.25) is 0 Å². The van der Waals surface area contributed by atoms with E-state index in [1.807, 2.05) is 34.9 Å². The number of aromatic nitrogens is 3. The molecule has 1 aromatic heterocycles. The maximum absolute atomic E-state index is 4.68. The first kappa shape index (κ1) is 22.9. The third-order valence-corrected chi connectivity index (χ3v) is 4.36. The Balaban J connectivity index is 0.00000300. The van der Waals surface area contributed by atoms with Crippen LogP contribution in [0.3, 0.4) is 0 Å². The molecule has 0 atom stereocenters. The third kappa shape index (κ3) is 6.85. The highest BCUT2D eigenvalue weighted by Gasteiger charge is 2.06. The van der Waals surface area contributed by atoms with Crippen LogP contribution in [0.4, 0.5) is 0 Å². The Morgan fingerprint density at radius 3 is 2.45 bits per heavy atom. The average molecular weight is 504 g/mol. The number of rotatable bonds is 7. The predicted octanol–water partition coefficient (Wildman–Crippen LogP) is 3.80. The minimum absolute atomic E-state index is 0. The average Bonchev–Trinajstić information content (AvgIpc) is 3.14. The number of guanidine groups is 1. The molecule has 154 valence electrons. The Hall–Kier alpha value is -2.42. The summed E-state index contributed by atoms with van der Waals surface area (Å²) < 4.78 is 1.96. The summed E-state index contributed by atoms with van der Waals surface area (Å²) in [5.41, 5.74) is 4.97. The molecule has 0 spiro atoms. The molecule has 0 radical (unpaired) electrons. The zero-order valence-electron chi connectivity index (χ0n) is 17.2. The molecular weight excluding hydrogens is 475 g/mol. The molecule has 0 bridgehead atoms. The van der Waals surface area contributed by atoms with Crippen molar-refractivity contribution in [2.75, 3.05) is 13.1 Å². The predicted molar refractivity (Wildman–Crippen MR) is 129 cm³/mol. The van der Waals surface area contributed by atoms with Crippen molar-refractivity contribution >= 4 is 29.9 Å². The molecule has 0 fully saturated rings. The molecule has 0 aliphatic heterocycles. The molecule has 0 unspecified atom stereocenters. The van der Waals surface area contributed by atoms with E-state index in [0.717, 1.165) is 37.0 Å². The highest BCUT2D eigenvalue weighted by atomic mass is 127. The van der Waals surface area contributed by atoms with Crippen LogP contribution in [0.5, 0.6) is 0 Å². The van der Waals surface area contributed by atoms with E-state index in [4.69, 9.17) is 0 Å². The van der Waals surface area contributed by atoms with Gasteiger partial charge in [-0.2, -0.15) is 0 Å². The van der Waals surface area contributed by atoms with E-state index in [1.165, 1.54) is 16.7 Å². The summed E-state index contributed by atoms with van der Waals surface area (Å²) >= 11 is 0. The lowest BCUT2D eigenvalue weighted by Gasteiger charge is -2.12. The van der Waals surface area contributed by atoms with Crippen molar-refractivity contribution in [1.29, 1.82) is 0 Å². The Bertz CT molecular complexity index is 900. The van der Waals surface area contributed by atoms with Crippen LogP contribution in [-0.2, 0) is 13.0 Å². The number of nitrogens with zero attached hydrogens (tertiary/aromatic N) is 4. The number of nitrogens with one attached hydrogen (secondary N) is 2. The van der Waals surface area contributed by atoms with E-state index in [1.54, 1.807) is 6.33 Å². The fourth-order valence-corrected chi connectivity index (χ4v) is 3.20. The van der Waals surface area contributed by atoms with Crippen molar-refractivity contribution in [2.45, 2.75) is 33.7 Å². The second kappa shape index (κ2) is 11.5. The molecule has 3 aromatic rings. The van der Waals surface area contributed by atoms with E-state index in [0.29, 0.717) is 6.54 Å². The van der Waals surface area contributed by atoms with Crippen molar-refractivity contribution in [3.63, 3.8) is 0 Å². The van der Waals surface area contributed by atoms with E-state index in [2.05, 4.69) is 64.8 Å². The van der Waals surface area contributed by atoms with Crippen LogP contribution >= 0.6 is 24.0 Å². The summed E-state index contributed by atoms with van der Waals surface area (Å²) in [6.45, 7) is 8.42. The molecule has 0 aliphatic carbocycles. The lowest BCUT2D eigenvalue weighted by Crippen LogP contribution is -2.38. The van der Waals surface area contributed by atoms with Gasteiger partial charge in [-0.15, -0.1) is 34.2 Å². The highest BCUT2D eigenvalue weighted by Crippen LogP contribution is 2.10. The maximum atomic E-state index is 4.68. The summed E-state index contributed by atoms with van der Waals surface area (Å²) in [5, 5.41) is 15.0. The molecular formula is C22H29IN6. The number of aryl methyl sites for hydroxylation is 2. The molecule has 6 nitrogen and oxygen atoms in total. The zero-order chi connectivity index (χ0) is 19.8. The van der Waals surface area contributed by atoms with E-state index >= 15 is 0 Å². The van der Waals surface area contributed by atoms with Gasteiger partial charge in [0.05, 0.1) is 0 Å². The second-order valence-corrected chi connectivity index (χ2v) is 6.82. The van der Waals surface area contributed by atoms with Gasteiger partial charge in [0.1, 0.15) is 12.9 Å². The van der Waals surface area contributed by atoms with E-state index in [9.17, 15) is 0 Å². The van der Waals surface area contributed by atoms with Gasteiger partial charge < -0.3 is 10.6 Å². The first-order valence-electron chi connectivity index (χ1n) is 9.69. The standard InChI is InChI=1S/C22H28N6.HI/c1-4-23-22(24-11-10-19-13-17(2)12-18(3)14-19)25-15-21-27-26-16-28(21)20-8-6-5-7-9-20;/h5-9,12-14,16H,4,10-11,15H2,1-3H3,(H2,23,24,25);1H. The van der Waals surface area contributed by atoms with Crippen LogP contribution < -0.4 is 10.6 Å². The zero-order valence-corrected chi connectivity index (χ0v) is 19.6. The molecule has 0 saturated carbocycles. The minimum Gasteiger partial charge on any atom is -0.357 e. The fraction of sp³-hybridized carbons (Fsp3) is 0.318. The largest absolute Gasteiger partial charge is 0.357 e. The summed E-state index contributed by atoms with van der Waals surface area (Å²) in [7, 11) is 0. The lowest BCUT2D eigenvalue weighted by molar-refractivity contribution is 0.783. The lowest BCUT2D eigenvalue weighted by atomic mass is 10.1. The minimum atomic E-state index is 0. The molecule has 7 heteroatoms. The quantitative estimate of drug-likeness (QED) is 0.292. The molecule has 0 amide bonds. The van der Waals surface area contributed by atoms with Crippen LogP contribution in [0.15, 0.2) is 59.9 Å². The second-order valence-electron chi connectivity index (χ2n) is 6.82. The van der Waals surface area contributed by atoms with Crippen molar-refractivity contribution in [3.05, 3.63) is 77.4 Å². The fourth-order valence-electron chi connectivity index (χ4n) is 3.20. The monoisotopic (exact) mass is 504 g/mol. The number of hydrogen-bond acceptors (Lipinski definition) is 3. The van der Waals surface area contributed by atoms with Gasteiger partial charge in [0.25, 0.3) is 0 Å². The Morgan fingerprint density at radius 2 is 1.76 bits per heavy atom. The van der Waals surface area contributed by atoms with Crippen molar-refractivity contribution in [2.24, 2.45) is 4.99 Å². The summed E-state index contributed by atoms with van der Waals surface area (Å²) in [5.74, 6) is 1.59. The third-order valence-electron chi connectivity index (χ3n) is 4.36. The van der Waals surface area contributed by atoms with Gasteiger partial charge in [-0.1, -0.05) is 47.5 Å². The van der Waals surface area contributed by atoms with Crippen LogP contribution in [0, 0.1) is 13.8 Å². The number of benzene rings is 2. The van der Waals surface area contributed by atoms with Gasteiger partial charge in [0, 0.05) is 18.8 Å². The molecule has 1 heterocycles. The summed E-state index contributed by atoms with van der Waals surface area (Å²) in [6.07, 6.45) is 2.67. The number of halogens is 1. The smallest absolute Gasteiger partial charge is 0.191 e. The first-order valence-corrected chi connectivity index (χ1v) is 9.69. The number of hydrogen-bond donors (Lipinski definition) is 2. The Labute approximate surface area is 189 Å². The molecule has 29 heavy (non-hydrogen) atoms. The molecule has 2 aromatic carbocycles. The summed E-state index contributed by atoms with van der Waals surface area (Å²) in [6, 6.07) is 16.7. The van der Waals surface area contributed by atoms with Gasteiger partial charge >= 0.3 is 0 Å². The van der Waals surface area contributed by atoms with Crippen LogP contribution in [0.1, 0.15) is 29.4 Å². The van der Waals surface area contributed by atoms with Gasteiger partial charge in [0.15, 0.2) is 11.8 Å². The van der Waals surface area contributed by atoms with Crippen molar-refractivity contribution in [1.82, 2.24) is 25.4 Å². The number of para-hydroxylation sites is 1. The first-order chi connectivity index (χ1) is 13.7. The Kier molecular flexibility index (Phi) is 9.11. The van der Waals surface area contributed by atoms with Crippen LogP contribution in [0.25, 0.3) is 5.69 Å². The molecule has 0 saturated heterocycles. The van der Waals surface area contributed by atoms with Gasteiger partial charge in [-0.25, -0.2) is 4.99 Å². The summed E-state index contributed by atoms with van der Waals surface area (Å²) in [4.78, 5) is 4.68. The Morgan fingerprint density at radius 1 is 1.03 bits per heavy atom. The van der Waals surface area contributed by atoms with E-state index < -0.39 is 0 Å². The van der Waals surface area contributed by atoms with Gasteiger partial charge in [0.2, 0.25) is 0 Å². The van der Waals surface area contributed by atoms with Crippen molar-refractivity contribution in [3.8, 4) is 5.69 Å². The van der Waals surface area contributed by atoms with Gasteiger partial charge in [-0.3, -0.25) is 4.57 Å². The normalized spacial score (nSPS) is 11.1. The SMILES string of the molecule is CCNC(=NCc1nncn1-c1ccccc1)NCCc1cc(C)cc(C)c1.I. The highest BCUT2D eigenvalue weighted by molar-refractivity contribution is 14.0. The number of aliphatic imine (C=N–C) groups is 1. The van der Waals surface area contributed by atoms with Crippen LogP contribution in [-0.4, -0.2) is 33.8 Å². The molecule has 2 N–H and O–H groups in total. The molecule has 0 aliphatic rings. The van der Waals surface area contributed by atoms with Gasteiger partial charge in [-0.05, 0) is 44.9 Å². The van der Waals surface area contributed by atoms with Crippen molar-refractivity contribution < 1.29 is 0 Å². The maximum Gasteiger partial charge on any atom is 0.191 e. The molecule has 3 rings (SSSR count).